The molecule has 0 aliphatic carbocycles. The second-order valence-electron chi connectivity index (χ2n) is 5.52. The van der Waals surface area contributed by atoms with Crippen LogP contribution in [0.25, 0.3) is 0 Å². The summed E-state index contributed by atoms with van der Waals surface area (Å²) in [7, 11) is 0. The van der Waals surface area contributed by atoms with Crippen molar-refractivity contribution < 1.29 is 19.4 Å². The minimum atomic E-state index is -0.782. The minimum absolute atomic E-state index is 0.323. The zero-order valence-electron chi connectivity index (χ0n) is 12.3. The molecule has 0 radical (unpaired) electrons. The Labute approximate surface area is 123 Å². The molecule has 1 fully saturated rings. The fourth-order valence-corrected chi connectivity index (χ4v) is 2.52. The van der Waals surface area contributed by atoms with Crippen molar-refractivity contribution in [2.24, 2.45) is 5.41 Å². The Balaban J connectivity index is 2.12. The van der Waals surface area contributed by atoms with Gasteiger partial charge in [0.05, 0.1) is 17.6 Å². The third kappa shape index (κ3) is 3.32. The van der Waals surface area contributed by atoms with Gasteiger partial charge in [0.1, 0.15) is 5.82 Å². The zero-order valence-corrected chi connectivity index (χ0v) is 12.3. The van der Waals surface area contributed by atoms with Gasteiger partial charge < -0.3 is 14.7 Å². The number of aliphatic carboxylic acids is 1. The SMILES string of the molecule is CCOC(=O)c1ccc(N2CCCC(C)(C(=O)O)C2)nc1. The van der Waals surface area contributed by atoms with Crippen LogP contribution in [0, 0.1) is 5.41 Å². The first-order chi connectivity index (χ1) is 9.96. The number of hydrogen-bond acceptors (Lipinski definition) is 5. The van der Waals surface area contributed by atoms with Crippen molar-refractivity contribution in [2.45, 2.75) is 26.7 Å². The molecule has 1 saturated heterocycles. The highest BCUT2D eigenvalue weighted by Gasteiger charge is 2.38. The van der Waals surface area contributed by atoms with E-state index in [1.165, 1.54) is 6.20 Å². The Kier molecular flexibility index (Phi) is 4.45. The number of pyridine rings is 1. The highest BCUT2D eigenvalue weighted by molar-refractivity contribution is 5.89. The molecule has 0 saturated carbocycles. The van der Waals surface area contributed by atoms with Gasteiger partial charge in [-0.1, -0.05) is 0 Å². The molecule has 6 nitrogen and oxygen atoms in total. The third-order valence-electron chi connectivity index (χ3n) is 3.80. The van der Waals surface area contributed by atoms with Crippen molar-refractivity contribution in [3.05, 3.63) is 23.9 Å². The normalized spacial score (nSPS) is 21.9. The molecule has 21 heavy (non-hydrogen) atoms. The fourth-order valence-electron chi connectivity index (χ4n) is 2.52. The number of carboxylic acids is 1. The number of carboxylic acid groups (broad SMARTS) is 1. The summed E-state index contributed by atoms with van der Waals surface area (Å²) < 4.78 is 4.91. The molecule has 1 aromatic rings. The Morgan fingerprint density at radius 1 is 1.48 bits per heavy atom. The lowest BCUT2D eigenvalue weighted by atomic mass is 9.82. The smallest absolute Gasteiger partial charge is 0.339 e. The topological polar surface area (TPSA) is 79.7 Å². The molecule has 1 atom stereocenters. The van der Waals surface area contributed by atoms with Crippen LogP contribution in [0.15, 0.2) is 18.3 Å². The average Bonchev–Trinajstić information content (AvgIpc) is 2.47. The number of nitrogens with zero attached hydrogens (tertiary/aromatic N) is 2. The standard InChI is InChI=1S/C15H20N2O4/c1-3-21-13(18)11-5-6-12(16-9-11)17-8-4-7-15(2,10-17)14(19)20/h5-6,9H,3-4,7-8,10H2,1-2H3,(H,19,20). The summed E-state index contributed by atoms with van der Waals surface area (Å²) in [6.45, 7) is 5.03. The number of carbonyl (C=O) groups is 2. The Morgan fingerprint density at radius 2 is 2.24 bits per heavy atom. The molecular formula is C15H20N2O4. The van der Waals surface area contributed by atoms with Gasteiger partial charge in [0, 0.05) is 19.3 Å². The maximum Gasteiger partial charge on any atom is 0.339 e. The van der Waals surface area contributed by atoms with Crippen LogP contribution in [-0.2, 0) is 9.53 Å². The van der Waals surface area contributed by atoms with E-state index in [4.69, 9.17) is 4.74 Å². The molecule has 0 aromatic carbocycles. The van der Waals surface area contributed by atoms with Crippen LogP contribution in [0.1, 0.15) is 37.0 Å². The van der Waals surface area contributed by atoms with Gasteiger partial charge in [0.2, 0.25) is 0 Å². The molecule has 1 aliphatic rings. The van der Waals surface area contributed by atoms with Gasteiger partial charge in [0.25, 0.3) is 0 Å². The van der Waals surface area contributed by atoms with E-state index in [-0.39, 0.29) is 0 Å². The maximum absolute atomic E-state index is 11.6. The van der Waals surface area contributed by atoms with Crippen molar-refractivity contribution in [1.29, 1.82) is 0 Å². The monoisotopic (exact) mass is 292 g/mol. The quantitative estimate of drug-likeness (QED) is 0.854. The molecule has 114 valence electrons. The molecule has 0 bridgehead atoms. The molecule has 1 unspecified atom stereocenters. The number of piperidine rings is 1. The number of carbonyl (C=O) groups excluding carboxylic acids is 1. The number of ether oxygens (including phenoxy) is 1. The van der Waals surface area contributed by atoms with E-state index in [0.717, 1.165) is 13.0 Å². The summed E-state index contributed by atoms with van der Waals surface area (Å²) in [6, 6.07) is 3.40. The van der Waals surface area contributed by atoms with E-state index in [2.05, 4.69) is 4.98 Å². The zero-order chi connectivity index (χ0) is 15.5. The molecule has 1 N–H and O–H groups in total. The molecule has 0 spiro atoms. The summed E-state index contributed by atoms with van der Waals surface area (Å²) in [4.78, 5) is 29.1. The van der Waals surface area contributed by atoms with Gasteiger partial charge in [-0.2, -0.15) is 0 Å². The Bertz CT molecular complexity index is 529. The molecule has 1 aromatic heterocycles. The van der Waals surface area contributed by atoms with Crippen LogP contribution in [0.4, 0.5) is 5.82 Å². The van der Waals surface area contributed by atoms with Gasteiger partial charge in [-0.05, 0) is 38.8 Å². The van der Waals surface area contributed by atoms with Crippen molar-refractivity contribution in [3.63, 3.8) is 0 Å². The molecule has 1 aliphatic heterocycles. The number of rotatable bonds is 4. The van der Waals surface area contributed by atoms with E-state index in [9.17, 15) is 14.7 Å². The fraction of sp³-hybridized carbons (Fsp3) is 0.533. The van der Waals surface area contributed by atoms with Gasteiger partial charge in [-0.15, -0.1) is 0 Å². The van der Waals surface area contributed by atoms with Crippen molar-refractivity contribution in [3.8, 4) is 0 Å². The first-order valence-electron chi connectivity index (χ1n) is 7.08. The highest BCUT2D eigenvalue weighted by atomic mass is 16.5. The summed E-state index contributed by atoms with van der Waals surface area (Å²) in [5, 5.41) is 9.33. The molecule has 6 heteroatoms. The van der Waals surface area contributed by atoms with Gasteiger partial charge in [-0.3, -0.25) is 4.79 Å². The molecular weight excluding hydrogens is 272 g/mol. The second-order valence-corrected chi connectivity index (χ2v) is 5.52. The number of anilines is 1. The summed E-state index contributed by atoms with van der Waals surface area (Å²) in [5.74, 6) is -0.490. The number of aromatic nitrogens is 1. The van der Waals surface area contributed by atoms with E-state index < -0.39 is 17.4 Å². The van der Waals surface area contributed by atoms with Gasteiger partial charge in [-0.25, -0.2) is 9.78 Å². The summed E-state index contributed by atoms with van der Waals surface area (Å²) in [6.07, 6.45) is 2.95. The second kappa shape index (κ2) is 6.11. The largest absolute Gasteiger partial charge is 0.481 e. The van der Waals surface area contributed by atoms with Crippen LogP contribution < -0.4 is 4.90 Å². The van der Waals surface area contributed by atoms with Gasteiger partial charge >= 0.3 is 11.9 Å². The number of hydrogen-bond donors (Lipinski definition) is 1. The third-order valence-corrected chi connectivity index (χ3v) is 3.80. The van der Waals surface area contributed by atoms with Crippen LogP contribution >= 0.6 is 0 Å². The van der Waals surface area contributed by atoms with Crippen LogP contribution in [0.5, 0.6) is 0 Å². The maximum atomic E-state index is 11.6. The first-order valence-corrected chi connectivity index (χ1v) is 7.08. The van der Waals surface area contributed by atoms with Crippen LogP contribution in [0.3, 0.4) is 0 Å². The lowest BCUT2D eigenvalue weighted by molar-refractivity contribution is -0.148. The van der Waals surface area contributed by atoms with E-state index in [1.54, 1.807) is 26.0 Å². The molecule has 2 rings (SSSR count). The lowest BCUT2D eigenvalue weighted by Gasteiger charge is -2.38. The number of esters is 1. The van der Waals surface area contributed by atoms with Crippen molar-refractivity contribution >= 4 is 17.8 Å². The van der Waals surface area contributed by atoms with E-state index in [1.807, 2.05) is 4.90 Å². The van der Waals surface area contributed by atoms with E-state index in [0.29, 0.717) is 31.0 Å². The average molecular weight is 292 g/mol. The summed E-state index contributed by atoms with van der Waals surface area (Å²) in [5.41, 5.74) is -0.349. The van der Waals surface area contributed by atoms with E-state index >= 15 is 0 Å². The van der Waals surface area contributed by atoms with Crippen molar-refractivity contribution in [1.82, 2.24) is 4.98 Å². The van der Waals surface area contributed by atoms with Crippen LogP contribution in [-0.4, -0.2) is 41.7 Å². The predicted octanol–water partition coefficient (Wildman–Crippen LogP) is 1.95. The molecule has 2 heterocycles. The highest BCUT2D eigenvalue weighted by Crippen LogP contribution is 2.31. The predicted molar refractivity (Wildman–Crippen MR) is 77.4 cm³/mol. The molecule has 0 amide bonds. The lowest BCUT2D eigenvalue weighted by Crippen LogP contribution is -2.46. The Hall–Kier alpha value is -2.11. The van der Waals surface area contributed by atoms with Gasteiger partial charge in [0.15, 0.2) is 0 Å². The Morgan fingerprint density at radius 3 is 2.81 bits per heavy atom. The van der Waals surface area contributed by atoms with Crippen molar-refractivity contribution in [2.75, 3.05) is 24.6 Å². The summed E-state index contributed by atoms with van der Waals surface area (Å²) >= 11 is 0. The van der Waals surface area contributed by atoms with Crippen LogP contribution in [0.2, 0.25) is 0 Å². The first kappa shape index (κ1) is 15.3. The minimum Gasteiger partial charge on any atom is -0.481 e.